The van der Waals surface area contributed by atoms with E-state index < -0.39 is 5.91 Å². The van der Waals surface area contributed by atoms with E-state index in [-0.39, 0.29) is 18.9 Å². The van der Waals surface area contributed by atoms with Crippen LogP contribution >= 0.6 is 0 Å². The lowest BCUT2D eigenvalue weighted by molar-refractivity contribution is -0.143. The molecule has 0 atom stereocenters. The molecule has 5 nitrogen and oxygen atoms in total. The minimum absolute atomic E-state index is 0.109. The van der Waals surface area contributed by atoms with Crippen LogP contribution in [0.3, 0.4) is 0 Å². The molecule has 0 saturated heterocycles. The Morgan fingerprint density at radius 1 is 0.893 bits per heavy atom. The molecule has 1 aromatic rings. The van der Waals surface area contributed by atoms with Crippen LogP contribution in [0, 0.1) is 0 Å². The number of hydrogen-bond acceptors (Lipinski definition) is 4. The van der Waals surface area contributed by atoms with Crippen LogP contribution in [0.15, 0.2) is 24.3 Å². The van der Waals surface area contributed by atoms with Crippen molar-refractivity contribution >= 4 is 11.9 Å². The van der Waals surface area contributed by atoms with E-state index >= 15 is 0 Å². The number of benzene rings is 1. The number of hydrogen-bond donors (Lipinski definition) is 1. The van der Waals surface area contributed by atoms with Gasteiger partial charge in [-0.2, -0.15) is 0 Å². The van der Waals surface area contributed by atoms with Crippen molar-refractivity contribution in [3.63, 3.8) is 0 Å². The Morgan fingerprint density at radius 3 is 2.11 bits per heavy atom. The minimum Gasteiger partial charge on any atom is -0.466 e. The molecule has 5 heteroatoms. The average Bonchev–Trinajstić information content (AvgIpc) is 2.70. The standard InChI is InChI=1S/C23H37NO4/c1-3-5-6-7-8-9-10-11-13-20-15-17-21(18-16-20)23(26)24(27)19-12-14-22(25)28-4-2/h15-18,27H,3-14,19H2,1-2H3. The van der Waals surface area contributed by atoms with Crippen LogP contribution < -0.4 is 0 Å². The second-order valence-corrected chi connectivity index (χ2v) is 7.26. The Kier molecular flexibility index (Phi) is 13.0. The molecule has 28 heavy (non-hydrogen) atoms. The number of carbonyl (C=O) groups is 2. The normalized spacial score (nSPS) is 10.7. The maximum absolute atomic E-state index is 12.2. The van der Waals surface area contributed by atoms with Gasteiger partial charge in [0.05, 0.1) is 6.61 Å². The predicted octanol–water partition coefficient (Wildman–Crippen LogP) is 5.54. The topological polar surface area (TPSA) is 66.8 Å². The Balaban J connectivity index is 2.25. The fourth-order valence-electron chi connectivity index (χ4n) is 3.13. The molecule has 0 heterocycles. The van der Waals surface area contributed by atoms with Crippen molar-refractivity contribution in [3.05, 3.63) is 35.4 Å². The van der Waals surface area contributed by atoms with Gasteiger partial charge >= 0.3 is 5.97 Å². The van der Waals surface area contributed by atoms with Gasteiger partial charge in [-0.15, -0.1) is 0 Å². The second-order valence-electron chi connectivity index (χ2n) is 7.26. The third kappa shape index (κ3) is 10.5. The number of carbonyl (C=O) groups excluding carboxylic acids is 2. The highest BCUT2D eigenvalue weighted by atomic mass is 16.5. The summed E-state index contributed by atoms with van der Waals surface area (Å²) in [6.45, 7) is 4.44. The number of aryl methyl sites for hydroxylation is 1. The van der Waals surface area contributed by atoms with Gasteiger partial charge in [0.1, 0.15) is 0 Å². The zero-order chi connectivity index (χ0) is 20.6. The summed E-state index contributed by atoms with van der Waals surface area (Å²) in [5, 5.41) is 10.6. The molecule has 0 unspecified atom stereocenters. The molecular formula is C23H37NO4. The smallest absolute Gasteiger partial charge is 0.305 e. The maximum atomic E-state index is 12.2. The number of ether oxygens (including phenoxy) is 1. The van der Waals surface area contributed by atoms with Crippen LogP contribution in [0.4, 0.5) is 0 Å². The molecule has 1 aromatic carbocycles. The average molecular weight is 392 g/mol. The van der Waals surface area contributed by atoms with Crippen LogP contribution in [0.2, 0.25) is 0 Å². The summed E-state index contributed by atoms with van der Waals surface area (Å²) in [6.07, 6.45) is 12.0. The Hall–Kier alpha value is -1.88. The molecule has 0 saturated carbocycles. The SMILES string of the molecule is CCCCCCCCCCc1ccc(C(=O)N(O)CCCC(=O)OCC)cc1. The lowest BCUT2D eigenvalue weighted by Gasteiger charge is -2.15. The van der Waals surface area contributed by atoms with Crippen LogP contribution in [-0.4, -0.2) is 35.3 Å². The second kappa shape index (κ2) is 15.1. The van der Waals surface area contributed by atoms with Crippen LogP contribution in [0.1, 0.15) is 94.0 Å². The predicted molar refractivity (Wildman–Crippen MR) is 111 cm³/mol. The molecule has 1 amide bonds. The monoisotopic (exact) mass is 391 g/mol. The molecule has 0 spiro atoms. The van der Waals surface area contributed by atoms with Crippen molar-refractivity contribution in [2.45, 2.75) is 84.5 Å². The van der Waals surface area contributed by atoms with Gasteiger partial charge in [-0.25, -0.2) is 5.06 Å². The minimum atomic E-state index is -0.442. The van der Waals surface area contributed by atoms with Gasteiger partial charge < -0.3 is 4.74 Å². The maximum Gasteiger partial charge on any atom is 0.305 e. The number of rotatable bonds is 15. The molecule has 158 valence electrons. The number of nitrogens with zero attached hydrogens (tertiary/aromatic N) is 1. The molecular weight excluding hydrogens is 354 g/mol. The Morgan fingerprint density at radius 2 is 1.50 bits per heavy atom. The van der Waals surface area contributed by atoms with Crippen molar-refractivity contribution in [1.82, 2.24) is 5.06 Å². The molecule has 0 aliphatic rings. The summed E-state index contributed by atoms with van der Waals surface area (Å²) in [5.74, 6) is -0.754. The van der Waals surface area contributed by atoms with E-state index in [0.29, 0.717) is 23.7 Å². The first kappa shape index (κ1) is 24.2. The van der Waals surface area contributed by atoms with Gasteiger partial charge in [-0.3, -0.25) is 14.8 Å². The molecule has 0 aromatic heterocycles. The molecule has 0 bridgehead atoms. The highest BCUT2D eigenvalue weighted by Gasteiger charge is 2.14. The summed E-state index contributed by atoms with van der Waals surface area (Å²) in [7, 11) is 0. The van der Waals surface area contributed by atoms with Gasteiger partial charge in [0, 0.05) is 18.5 Å². The number of unbranched alkanes of at least 4 members (excludes halogenated alkanes) is 7. The fraction of sp³-hybridized carbons (Fsp3) is 0.652. The highest BCUT2D eigenvalue weighted by Crippen LogP contribution is 2.13. The van der Waals surface area contributed by atoms with Gasteiger partial charge in [-0.05, 0) is 43.9 Å². The first-order valence-corrected chi connectivity index (χ1v) is 10.8. The number of amides is 1. The zero-order valence-electron chi connectivity index (χ0n) is 17.6. The van der Waals surface area contributed by atoms with E-state index in [1.807, 2.05) is 12.1 Å². The van der Waals surface area contributed by atoms with Crippen molar-refractivity contribution in [3.8, 4) is 0 Å². The van der Waals surface area contributed by atoms with E-state index in [4.69, 9.17) is 4.74 Å². The van der Waals surface area contributed by atoms with Crippen molar-refractivity contribution < 1.29 is 19.5 Å². The van der Waals surface area contributed by atoms with E-state index in [9.17, 15) is 14.8 Å². The summed E-state index contributed by atoms with van der Waals surface area (Å²) < 4.78 is 4.83. The van der Waals surface area contributed by atoms with E-state index in [1.165, 1.54) is 56.9 Å². The Bertz CT molecular complexity index is 556. The highest BCUT2D eigenvalue weighted by molar-refractivity contribution is 5.93. The van der Waals surface area contributed by atoms with E-state index in [2.05, 4.69) is 6.92 Å². The molecule has 1 rings (SSSR count). The van der Waals surface area contributed by atoms with Gasteiger partial charge in [0.2, 0.25) is 0 Å². The first-order chi connectivity index (χ1) is 13.6. The van der Waals surface area contributed by atoms with Crippen molar-refractivity contribution in [2.75, 3.05) is 13.2 Å². The molecule has 0 radical (unpaired) electrons. The largest absolute Gasteiger partial charge is 0.466 e. The summed E-state index contributed by atoms with van der Waals surface area (Å²) in [5.41, 5.74) is 1.67. The number of esters is 1. The summed E-state index contributed by atoms with van der Waals surface area (Å²) >= 11 is 0. The fourth-order valence-corrected chi connectivity index (χ4v) is 3.13. The zero-order valence-corrected chi connectivity index (χ0v) is 17.6. The number of hydroxylamine groups is 2. The summed E-state index contributed by atoms with van der Waals surface area (Å²) in [6, 6.07) is 7.44. The van der Waals surface area contributed by atoms with E-state index in [1.54, 1.807) is 19.1 Å². The van der Waals surface area contributed by atoms with E-state index in [0.717, 1.165) is 6.42 Å². The lowest BCUT2D eigenvalue weighted by atomic mass is 10.0. The van der Waals surface area contributed by atoms with Crippen molar-refractivity contribution in [2.24, 2.45) is 0 Å². The Labute approximate surface area is 170 Å². The van der Waals surface area contributed by atoms with Crippen LogP contribution in [0.25, 0.3) is 0 Å². The first-order valence-electron chi connectivity index (χ1n) is 10.8. The van der Waals surface area contributed by atoms with Gasteiger partial charge in [0.15, 0.2) is 0 Å². The van der Waals surface area contributed by atoms with Gasteiger partial charge in [0.25, 0.3) is 5.91 Å². The molecule has 0 aliphatic heterocycles. The molecule has 0 fully saturated rings. The third-order valence-corrected chi connectivity index (χ3v) is 4.81. The molecule has 0 aliphatic carbocycles. The quantitative estimate of drug-likeness (QED) is 0.184. The van der Waals surface area contributed by atoms with Crippen LogP contribution in [0.5, 0.6) is 0 Å². The summed E-state index contributed by atoms with van der Waals surface area (Å²) in [4.78, 5) is 23.5. The van der Waals surface area contributed by atoms with Crippen LogP contribution in [-0.2, 0) is 16.0 Å². The third-order valence-electron chi connectivity index (χ3n) is 4.81. The molecule has 1 N–H and O–H groups in total. The van der Waals surface area contributed by atoms with Crippen molar-refractivity contribution in [1.29, 1.82) is 0 Å². The lowest BCUT2D eigenvalue weighted by Crippen LogP contribution is -2.28. The van der Waals surface area contributed by atoms with Gasteiger partial charge in [-0.1, -0.05) is 64.0 Å².